The molecule has 0 aliphatic rings. The van der Waals surface area contributed by atoms with Crippen molar-refractivity contribution in [2.24, 2.45) is 5.73 Å². The van der Waals surface area contributed by atoms with Gasteiger partial charge in [0, 0.05) is 11.4 Å². The molecule has 0 unspecified atom stereocenters. The van der Waals surface area contributed by atoms with Gasteiger partial charge in [-0.1, -0.05) is 12.1 Å². The van der Waals surface area contributed by atoms with E-state index in [1.54, 1.807) is 11.8 Å². The third-order valence-corrected chi connectivity index (χ3v) is 2.22. The van der Waals surface area contributed by atoms with Crippen molar-refractivity contribution in [1.29, 1.82) is 0 Å². The predicted octanol–water partition coefficient (Wildman–Crippen LogP) is 2.17. The lowest BCUT2D eigenvalue weighted by Gasteiger charge is -2.07. The second-order valence-corrected chi connectivity index (χ2v) is 3.14. The van der Waals surface area contributed by atoms with Gasteiger partial charge in [0.2, 0.25) is 0 Å². The fraction of sp³-hybridized carbons (Fsp3) is 0.333. The van der Waals surface area contributed by atoms with Crippen molar-refractivity contribution in [2.75, 3.05) is 19.4 Å². The Bertz CT molecular complexity index is 245. The van der Waals surface area contributed by atoms with E-state index in [-0.39, 0.29) is 12.4 Å². The lowest BCUT2D eigenvalue weighted by atomic mass is 10.3. The number of nitrogens with two attached hydrogens (primary N) is 1. The number of ether oxygens (including phenoxy) is 1. The summed E-state index contributed by atoms with van der Waals surface area (Å²) in [6.07, 6.45) is 2.03. The molecule has 0 atom stereocenters. The second kappa shape index (κ2) is 7.06. The highest BCUT2D eigenvalue weighted by Crippen LogP contribution is 2.26. The normalized spacial score (nSPS) is 9.08. The molecule has 0 radical (unpaired) electrons. The standard InChI is InChI=1S/C9H13NOS.ClH/c1-12-9-5-3-2-4-8(9)11-7-6-10;/h2-5H,6-7,10H2,1H3;1H. The van der Waals surface area contributed by atoms with Crippen molar-refractivity contribution in [1.82, 2.24) is 0 Å². The molecule has 74 valence electrons. The van der Waals surface area contributed by atoms with Crippen molar-refractivity contribution < 1.29 is 4.74 Å². The van der Waals surface area contributed by atoms with Crippen LogP contribution in [0.2, 0.25) is 0 Å². The van der Waals surface area contributed by atoms with Crippen LogP contribution < -0.4 is 10.5 Å². The van der Waals surface area contributed by atoms with E-state index in [0.717, 1.165) is 10.6 Å². The lowest BCUT2D eigenvalue weighted by molar-refractivity contribution is 0.321. The molecule has 0 bridgehead atoms. The molecular weight excluding hydrogens is 206 g/mol. The first-order chi connectivity index (χ1) is 5.88. The molecule has 4 heteroatoms. The van der Waals surface area contributed by atoms with Gasteiger partial charge in [-0.15, -0.1) is 24.2 Å². The van der Waals surface area contributed by atoms with Crippen molar-refractivity contribution in [2.45, 2.75) is 4.90 Å². The number of hydrogen-bond acceptors (Lipinski definition) is 3. The smallest absolute Gasteiger partial charge is 0.132 e. The van der Waals surface area contributed by atoms with E-state index in [0.29, 0.717) is 13.2 Å². The molecule has 1 rings (SSSR count). The Morgan fingerprint density at radius 1 is 1.38 bits per heavy atom. The van der Waals surface area contributed by atoms with Crippen LogP contribution in [-0.4, -0.2) is 19.4 Å². The maximum atomic E-state index is 5.43. The number of hydrogen-bond donors (Lipinski definition) is 1. The Balaban J connectivity index is 0.00000144. The quantitative estimate of drug-likeness (QED) is 0.789. The van der Waals surface area contributed by atoms with Gasteiger partial charge in [-0.25, -0.2) is 0 Å². The maximum absolute atomic E-state index is 5.43. The van der Waals surface area contributed by atoms with Gasteiger partial charge in [0.15, 0.2) is 0 Å². The van der Waals surface area contributed by atoms with Gasteiger partial charge >= 0.3 is 0 Å². The maximum Gasteiger partial charge on any atom is 0.132 e. The third kappa shape index (κ3) is 3.89. The van der Waals surface area contributed by atoms with Crippen LogP contribution in [0.5, 0.6) is 5.75 Å². The van der Waals surface area contributed by atoms with Gasteiger partial charge in [0.25, 0.3) is 0 Å². The Kier molecular flexibility index (Phi) is 6.86. The summed E-state index contributed by atoms with van der Waals surface area (Å²) in [5.74, 6) is 0.926. The first kappa shape index (κ1) is 12.6. The monoisotopic (exact) mass is 219 g/mol. The van der Waals surface area contributed by atoms with Gasteiger partial charge < -0.3 is 10.5 Å². The van der Waals surface area contributed by atoms with E-state index in [4.69, 9.17) is 10.5 Å². The van der Waals surface area contributed by atoms with E-state index in [2.05, 4.69) is 0 Å². The fourth-order valence-corrected chi connectivity index (χ4v) is 1.45. The van der Waals surface area contributed by atoms with Crippen LogP contribution in [-0.2, 0) is 0 Å². The lowest BCUT2D eigenvalue weighted by Crippen LogP contribution is -2.10. The largest absolute Gasteiger partial charge is 0.491 e. The van der Waals surface area contributed by atoms with Crippen LogP contribution in [0.1, 0.15) is 0 Å². The zero-order valence-corrected chi connectivity index (χ0v) is 9.16. The highest BCUT2D eigenvalue weighted by atomic mass is 35.5. The van der Waals surface area contributed by atoms with E-state index >= 15 is 0 Å². The highest BCUT2D eigenvalue weighted by Gasteiger charge is 1.99. The Labute approximate surface area is 89.3 Å². The highest BCUT2D eigenvalue weighted by molar-refractivity contribution is 7.98. The van der Waals surface area contributed by atoms with Gasteiger partial charge in [-0.05, 0) is 18.4 Å². The first-order valence-electron chi connectivity index (χ1n) is 3.84. The number of benzene rings is 1. The van der Waals surface area contributed by atoms with Crippen LogP contribution >= 0.6 is 24.2 Å². The summed E-state index contributed by atoms with van der Waals surface area (Å²) in [6.45, 7) is 1.14. The molecule has 13 heavy (non-hydrogen) atoms. The van der Waals surface area contributed by atoms with Gasteiger partial charge in [-0.3, -0.25) is 0 Å². The van der Waals surface area contributed by atoms with E-state index in [1.165, 1.54) is 0 Å². The summed E-state index contributed by atoms with van der Waals surface area (Å²) in [5.41, 5.74) is 5.34. The summed E-state index contributed by atoms with van der Waals surface area (Å²) in [6, 6.07) is 7.96. The van der Waals surface area contributed by atoms with Crippen LogP contribution in [0, 0.1) is 0 Å². The molecule has 0 spiro atoms. The van der Waals surface area contributed by atoms with Crippen LogP contribution in [0.15, 0.2) is 29.2 Å². The minimum atomic E-state index is 0. The SMILES string of the molecule is CSc1ccccc1OCCN.Cl. The van der Waals surface area contributed by atoms with Gasteiger partial charge in [-0.2, -0.15) is 0 Å². The van der Waals surface area contributed by atoms with Crippen molar-refractivity contribution in [3.05, 3.63) is 24.3 Å². The molecule has 0 amide bonds. The average molecular weight is 220 g/mol. The van der Waals surface area contributed by atoms with Crippen LogP contribution in [0.4, 0.5) is 0 Å². The van der Waals surface area contributed by atoms with Crippen molar-refractivity contribution >= 4 is 24.2 Å². The van der Waals surface area contributed by atoms with Gasteiger partial charge in [0.1, 0.15) is 12.4 Å². The summed E-state index contributed by atoms with van der Waals surface area (Å²) < 4.78 is 5.43. The molecule has 1 aromatic rings. The minimum absolute atomic E-state index is 0. The topological polar surface area (TPSA) is 35.2 Å². The van der Waals surface area contributed by atoms with Crippen LogP contribution in [0.25, 0.3) is 0 Å². The van der Waals surface area contributed by atoms with Gasteiger partial charge in [0.05, 0.1) is 0 Å². The first-order valence-corrected chi connectivity index (χ1v) is 5.07. The molecule has 0 aliphatic heterocycles. The molecule has 2 N–H and O–H groups in total. The van der Waals surface area contributed by atoms with E-state index in [1.807, 2.05) is 30.5 Å². The van der Waals surface area contributed by atoms with Crippen LogP contribution in [0.3, 0.4) is 0 Å². The zero-order valence-electron chi connectivity index (χ0n) is 7.53. The Hall–Kier alpha value is -0.380. The molecule has 0 heterocycles. The molecule has 0 fully saturated rings. The zero-order chi connectivity index (χ0) is 8.81. The molecule has 0 aromatic heterocycles. The Morgan fingerprint density at radius 2 is 2.08 bits per heavy atom. The predicted molar refractivity (Wildman–Crippen MR) is 60.0 cm³/mol. The average Bonchev–Trinajstić information content (AvgIpc) is 2.15. The summed E-state index contributed by atoms with van der Waals surface area (Å²) in [5, 5.41) is 0. The molecule has 0 aliphatic carbocycles. The molecule has 0 saturated carbocycles. The molecule has 2 nitrogen and oxygen atoms in total. The number of halogens is 1. The molecular formula is C9H14ClNOS. The summed E-state index contributed by atoms with van der Waals surface area (Å²) in [4.78, 5) is 1.16. The number of thioether (sulfide) groups is 1. The minimum Gasteiger partial charge on any atom is -0.491 e. The number of rotatable bonds is 4. The van der Waals surface area contributed by atoms with Crippen molar-refractivity contribution in [3.63, 3.8) is 0 Å². The summed E-state index contributed by atoms with van der Waals surface area (Å²) in [7, 11) is 0. The van der Waals surface area contributed by atoms with E-state index in [9.17, 15) is 0 Å². The molecule has 0 saturated heterocycles. The third-order valence-electron chi connectivity index (χ3n) is 1.44. The fourth-order valence-electron chi connectivity index (χ4n) is 0.907. The Morgan fingerprint density at radius 3 is 2.69 bits per heavy atom. The molecule has 1 aromatic carbocycles. The van der Waals surface area contributed by atoms with Crippen molar-refractivity contribution in [3.8, 4) is 5.75 Å². The number of para-hydroxylation sites is 1. The van der Waals surface area contributed by atoms with E-state index < -0.39 is 0 Å². The summed E-state index contributed by atoms with van der Waals surface area (Å²) >= 11 is 1.68. The second-order valence-electron chi connectivity index (χ2n) is 2.29.